The van der Waals surface area contributed by atoms with Gasteiger partial charge in [0.05, 0.1) is 0 Å². The minimum atomic E-state index is 0.254. The molecule has 2 N–H and O–H groups in total. The summed E-state index contributed by atoms with van der Waals surface area (Å²) in [6.45, 7) is 5.21. The zero-order valence-electron chi connectivity index (χ0n) is 9.72. The summed E-state index contributed by atoms with van der Waals surface area (Å²) in [4.78, 5) is 2.08. The van der Waals surface area contributed by atoms with Gasteiger partial charge in [-0.2, -0.15) is 5.10 Å². The molecular weight excluding hydrogens is 188 g/mol. The van der Waals surface area contributed by atoms with Gasteiger partial charge in [-0.3, -0.25) is 0 Å². The Morgan fingerprint density at radius 3 is 2.73 bits per heavy atom. The van der Waals surface area contributed by atoms with Crippen LogP contribution in [0.1, 0.15) is 20.3 Å². The Labute approximate surface area is 91.5 Å². The van der Waals surface area contributed by atoms with E-state index in [1.807, 2.05) is 19.2 Å². The number of hydrogen-bond acceptors (Lipinski definition) is 4. The molecule has 0 radical (unpaired) electrons. The van der Waals surface area contributed by atoms with Crippen LogP contribution in [0.3, 0.4) is 0 Å². The molecule has 0 amide bonds. The fourth-order valence-corrected chi connectivity index (χ4v) is 1.29. The van der Waals surface area contributed by atoms with E-state index in [1.165, 1.54) is 0 Å². The van der Waals surface area contributed by atoms with Crippen molar-refractivity contribution >= 4 is 5.82 Å². The highest BCUT2D eigenvalue weighted by atomic mass is 15.2. The van der Waals surface area contributed by atoms with E-state index < -0.39 is 0 Å². The zero-order valence-corrected chi connectivity index (χ0v) is 9.72. The summed E-state index contributed by atoms with van der Waals surface area (Å²) in [5, 5.41) is 7.88. The van der Waals surface area contributed by atoms with Crippen LogP contribution in [-0.2, 0) is 0 Å². The van der Waals surface area contributed by atoms with E-state index in [0.717, 1.165) is 18.8 Å². The molecule has 0 aliphatic carbocycles. The minimum Gasteiger partial charge on any atom is -0.358 e. The number of aromatic nitrogens is 2. The van der Waals surface area contributed by atoms with E-state index in [0.29, 0.717) is 5.92 Å². The maximum atomic E-state index is 5.98. The Balaban J connectivity index is 2.40. The lowest BCUT2D eigenvalue weighted by Crippen LogP contribution is -2.32. The summed E-state index contributed by atoms with van der Waals surface area (Å²) in [5.74, 6) is 1.42. The Morgan fingerprint density at radius 2 is 2.20 bits per heavy atom. The molecule has 84 valence electrons. The number of hydrogen-bond donors (Lipinski definition) is 1. The monoisotopic (exact) mass is 208 g/mol. The van der Waals surface area contributed by atoms with Gasteiger partial charge in [0.1, 0.15) is 0 Å². The number of nitrogens with two attached hydrogens (primary N) is 1. The number of anilines is 1. The van der Waals surface area contributed by atoms with Crippen LogP contribution in [0.4, 0.5) is 5.82 Å². The standard InChI is InChI=1S/C11H20N4/c1-9(2)10(12)6-8-15(3)11-5-4-7-13-14-11/h4-5,7,9-10H,6,8,12H2,1-3H3. The molecule has 0 bridgehead atoms. The second-order valence-corrected chi connectivity index (χ2v) is 4.20. The molecule has 4 heteroatoms. The zero-order chi connectivity index (χ0) is 11.3. The molecule has 4 nitrogen and oxygen atoms in total. The van der Waals surface area contributed by atoms with Crippen LogP contribution in [0.5, 0.6) is 0 Å². The molecule has 0 aliphatic rings. The first-order valence-corrected chi connectivity index (χ1v) is 5.35. The van der Waals surface area contributed by atoms with Crippen molar-refractivity contribution in [1.82, 2.24) is 10.2 Å². The normalized spacial score (nSPS) is 12.9. The van der Waals surface area contributed by atoms with Crippen LogP contribution < -0.4 is 10.6 Å². The lowest BCUT2D eigenvalue weighted by atomic mass is 10.0. The van der Waals surface area contributed by atoms with Crippen molar-refractivity contribution in [2.24, 2.45) is 11.7 Å². The lowest BCUT2D eigenvalue weighted by Gasteiger charge is -2.21. The Morgan fingerprint density at radius 1 is 1.47 bits per heavy atom. The molecule has 0 saturated heterocycles. The Bertz CT molecular complexity index is 273. The van der Waals surface area contributed by atoms with Gasteiger partial charge >= 0.3 is 0 Å². The molecular formula is C11H20N4. The molecule has 15 heavy (non-hydrogen) atoms. The Hall–Kier alpha value is -1.16. The third-order valence-corrected chi connectivity index (χ3v) is 2.60. The van der Waals surface area contributed by atoms with Crippen molar-refractivity contribution in [3.8, 4) is 0 Å². The largest absolute Gasteiger partial charge is 0.358 e. The summed E-state index contributed by atoms with van der Waals surface area (Å²) in [7, 11) is 2.01. The maximum absolute atomic E-state index is 5.98. The van der Waals surface area contributed by atoms with Crippen molar-refractivity contribution in [1.29, 1.82) is 0 Å². The summed E-state index contributed by atoms with van der Waals surface area (Å²) in [5.41, 5.74) is 5.98. The smallest absolute Gasteiger partial charge is 0.150 e. The van der Waals surface area contributed by atoms with E-state index in [-0.39, 0.29) is 6.04 Å². The first-order valence-electron chi connectivity index (χ1n) is 5.35. The quantitative estimate of drug-likeness (QED) is 0.792. The molecule has 1 atom stereocenters. The van der Waals surface area contributed by atoms with Crippen LogP contribution in [0.25, 0.3) is 0 Å². The van der Waals surface area contributed by atoms with Gasteiger partial charge in [-0.1, -0.05) is 13.8 Å². The van der Waals surface area contributed by atoms with Gasteiger partial charge in [0.2, 0.25) is 0 Å². The highest BCUT2D eigenvalue weighted by Crippen LogP contribution is 2.08. The SMILES string of the molecule is CC(C)C(N)CCN(C)c1cccnn1. The van der Waals surface area contributed by atoms with Crippen LogP contribution in [-0.4, -0.2) is 29.8 Å². The summed E-state index contributed by atoms with van der Waals surface area (Å²) in [6, 6.07) is 4.10. The molecule has 1 heterocycles. The average Bonchev–Trinajstić information content (AvgIpc) is 2.26. The predicted molar refractivity (Wildman–Crippen MR) is 62.7 cm³/mol. The molecule has 0 saturated carbocycles. The molecule has 1 aromatic rings. The van der Waals surface area contributed by atoms with E-state index >= 15 is 0 Å². The topological polar surface area (TPSA) is 55.0 Å². The van der Waals surface area contributed by atoms with E-state index in [1.54, 1.807) is 6.20 Å². The van der Waals surface area contributed by atoms with Gasteiger partial charge in [-0.15, -0.1) is 5.10 Å². The van der Waals surface area contributed by atoms with Crippen LogP contribution in [0, 0.1) is 5.92 Å². The van der Waals surface area contributed by atoms with Gasteiger partial charge in [0.15, 0.2) is 5.82 Å². The average molecular weight is 208 g/mol. The fourth-order valence-electron chi connectivity index (χ4n) is 1.29. The van der Waals surface area contributed by atoms with Crippen LogP contribution >= 0.6 is 0 Å². The highest BCUT2D eigenvalue weighted by Gasteiger charge is 2.09. The molecule has 1 rings (SSSR count). The first kappa shape index (κ1) is 11.9. The van der Waals surface area contributed by atoms with Crippen LogP contribution in [0.2, 0.25) is 0 Å². The first-order chi connectivity index (χ1) is 7.11. The summed E-state index contributed by atoms with van der Waals surface area (Å²) < 4.78 is 0. The van der Waals surface area contributed by atoms with Gasteiger partial charge in [-0.05, 0) is 24.5 Å². The second kappa shape index (κ2) is 5.66. The molecule has 1 unspecified atom stereocenters. The fraction of sp³-hybridized carbons (Fsp3) is 0.636. The lowest BCUT2D eigenvalue weighted by molar-refractivity contribution is 0.465. The van der Waals surface area contributed by atoms with Gasteiger partial charge in [0.25, 0.3) is 0 Å². The molecule has 0 spiro atoms. The highest BCUT2D eigenvalue weighted by molar-refractivity contribution is 5.34. The van der Waals surface area contributed by atoms with Crippen molar-refractivity contribution in [3.05, 3.63) is 18.3 Å². The molecule has 1 aromatic heterocycles. The van der Waals surface area contributed by atoms with Crippen LogP contribution in [0.15, 0.2) is 18.3 Å². The van der Waals surface area contributed by atoms with E-state index in [2.05, 4.69) is 28.9 Å². The third-order valence-electron chi connectivity index (χ3n) is 2.60. The summed E-state index contributed by atoms with van der Waals surface area (Å²) >= 11 is 0. The van der Waals surface area contributed by atoms with Crippen molar-refractivity contribution in [3.63, 3.8) is 0 Å². The molecule has 0 aliphatic heterocycles. The van der Waals surface area contributed by atoms with E-state index in [9.17, 15) is 0 Å². The van der Waals surface area contributed by atoms with Gasteiger partial charge in [-0.25, -0.2) is 0 Å². The third kappa shape index (κ3) is 3.83. The van der Waals surface area contributed by atoms with Crippen molar-refractivity contribution in [2.45, 2.75) is 26.3 Å². The summed E-state index contributed by atoms with van der Waals surface area (Å²) in [6.07, 6.45) is 2.65. The second-order valence-electron chi connectivity index (χ2n) is 4.20. The van der Waals surface area contributed by atoms with Crippen molar-refractivity contribution < 1.29 is 0 Å². The minimum absolute atomic E-state index is 0.254. The van der Waals surface area contributed by atoms with E-state index in [4.69, 9.17) is 5.73 Å². The molecule has 0 aromatic carbocycles. The number of rotatable bonds is 5. The Kier molecular flexibility index (Phi) is 4.49. The number of nitrogens with zero attached hydrogens (tertiary/aromatic N) is 3. The molecule has 0 fully saturated rings. The van der Waals surface area contributed by atoms with Gasteiger partial charge in [0, 0.05) is 25.8 Å². The van der Waals surface area contributed by atoms with Gasteiger partial charge < -0.3 is 10.6 Å². The maximum Gasteiger partial charge on any atom is 0.150 e. The van der Waals surface area contributed by atoms with Crippen molar-refractivity contribution in [2.75, 3.05) is 18.5 Å². The predicted octanol–water partition coefficient (Wildman–Crippen LogP) is 1.29.